The van der Waals surface area contributed by atoms with Crippen molar-refractivity contribution in [3.63, 3.8) is 0 Å². The van der Waals surface area contributed by atoms with Crippen LogP contribution in [0.15, 0.2) is 60.9 Å². The first-order valence-electron chi connectivity index (χ1n) is 12.7. The van der Waals surface area contributed by atoms with Gasteiger partial charge in [-0.3, -0.25) is 4.79 Å². The third kappa shape index (κ3) is 5.85. The average Bonchev–Trinajstić information content (AvgIpc) is 3.29. The molecule has 1 aliphatic heterocycles. The van der Waals surface area contributed by atoms with Gasteiger partial charge < -0.3 is 24.4 Å². The maximum Gasteiger partial charge on any atom is 0.253 e. The molecule has 3 aromatic rings. The van der Waals surface area contributed by atoms with Gasteiger partial charge in [-0.2, -0.15) is 0 Å². The van der Waals surface area contributed by atoms with Crippen molar-refractivity contribution < 1.29 is 9.90 Å². The topological polar surface area (TPSA) is 64.8 Å². The predicted molar refractivity (Wildman–Crippen MR) is 140 cm³/mol. The van der Waals surface area contributed by atoms with E-state index in [0.717, 1.165) is 56.1 Å². The summed E-state index contributed by atoms with van der Waals surface area (Å²) >= 11 is 0. The van der Waals surface area contributed by atoms with Crippen LogP contribution < -0.4 is 4.90 Å². The number of carbonyl (C=O) groups is 1. The van der Waals surface area contributed by atoms with Crippen LogP contribution in [0.2, 0.25) is 0 Å². The highest BCUT2D eigenvalue weighted by Gasteiger charge is 2.27. The molecular formula is C28H37N5O2. The monoisotopic (exact) mass is 475 g/mol. The first-order chi connectivity index (χ1) is 17.0. The fourth-order valence-corrected chi connectivity index (χ4v) is 4.97. The van der Waals surface area contributed by atoms with Crippen molar-refractivity contribution in [2.75, 3.05) is 37.6 Å². The Labute approximate surface area is 208 Å². The molecule has 2 aromatic carbocycles. The number of anilines is 2. The lowest BCUT2D eigenvalue weighted by molar-refractivity contribution is 0.0773. The molecular weight excluding hydrogens is 438 g/mol. The van der Waals surface area contributed by atoms with E-state index in [1.165, 1.54) is 0 Å². The normalized spacial score (nSPS) is 14.7. The number of carbonyl (C=O) groups excluding carboxylic acids is 1. The Bertz CT molecular complexity index is 1100. The summed E-state index contributed by atoms with van der Waals surface area (Å²) in [5, 5.41) is 10.2. The standard InChI is InChI=1S/C28H37N5O2/c1-4-32(5-2)28(35)22-9-11-23(12-10-22)33(25-7-6-8-26(34)21-25)24-13-17-31(18-14-24)19-15-27-29-16-20-30(27)3/h6-12,16,20-21,24,34H,4-5,13-15,17-19H2,1-3H3. The van der Waals surface area contributed by atoms with Crippen molar-refractivity contribution >= 4 is 17.3 Å². The number of aromatic nitrogens is 2. The van der Waals surface area contributed by atoms with Crippen molar-refractivity contribution in [3.8, 4) is 5.75 Å². The van der Waals surface area contributed by atoms with Gasteiger partial charge in [0, 0.05) is 87.6 Å². The molecule has 7 heteroatoms. The van der Waals surface area contributed by atoms with Gasteiger partial charge in [0.2, 0.25) is 0 Å². The number of imidazole rings is 1. The fourth-order valence-electron chi connectivity index (χ4n) is 4.97. The molecule has 1 aromatic heterocycles. The minimum absolute atomic E-state index is 0.0616. The van der Waals surface area contributed by atoms with E-state index in [2.05, 4.69) is 19.4 Å². The van der Waals surface area contributed by atoms with E-state index in [1.54, 1.807) is 6.07 Å². The summed E-state index contributed by atoms with van der Waals surface area (Å²) in [6.45, 7) is 8.44. The molecule has 0 atom stereocenters. The number of nitrogens with zero attached hydrogens (tertiary/aromatic N) is 5. The largest absolute Gasteiger partial charge is 0.508 e. The molecule has 0 spiro atoms. The molecule has 0 radical (unpaired) electrons. The third-order valence-electron chi connectivity index (χ3n) is 7.05. The zero-order valence-corrected chi connectivity index (χ0v) is 21.1. The van der Waals surface area contributed by atoms with Crippen molar-refractivity contribution in [1.29, 1.82) is 0 Å². The zero-order valence-electron chi connectivity index (χ0n) is 21.1. The molecule has 1 N–H and O–H groups in total. The Balaban J connectivity index is 1.49. The number of rotatable bonds is 9. The molecule has 0 aliphatic carbocycles. The summed E-state index contributed by atoms with van der Waals surface area (Å²) in [6, 6.07) is 15.7. The number of benzene rings is 2. The maximum absolute atomic E-state index is 12.8. The third-order valence-corrected chi connectivity index (χ3v) is 7.05. The lowest BCUT2D eigenvalue weighted by atomic mass is 10.0. The van der Waals surface area contributed by atoms with Crippen LogP contribution >= 0.6 is 0 Å². The smallest absolute Gasteiger partial charge is 0.253 e. The second kappa shape index (κ2) is 11.4. The second-order valence-corrected chi connectivity index (χ2v) is 9.19. The summed E-state index contributed by atoms with van der Waals surface area (Å²) in [7, 11) is 2.04. The Kier molecular flexibility index (Phi) is 8.08. The lowest BCUT2D eigenvalue weighted by Crippen LogP contribution is -2.43. The van der Waals surface area contributed by atoms with Crippen LogP contribution in [0.3, 0.4) is 0 Å². The molecule has 1 aliphatic rings. The minimum atomic E-state index is 0.0616. The number of amides is 1. The number of piperidine rings is 1. The van der Waals surface area contributed by atoms with Gasteiger partial charge in [0.15, 0.2) is 0 Å². The molecule has 1 amide bonds. The van der Waals surface area contributed by atoms with E-state index in [4.69, 9.17) is 0 Å². The van der Waals surface area contributed by atoms with Gasteiger partial charge in [0.25, 0.3) is 5.91 Å². The average molecular weight is 476 g/mol. The van der Waals surface area contributed by atoms with Crippen LogP contribution in [0, 0.1) is 0 Å². The number of hydrogen-bond acceptors (Lipinski definition) is 5. The SMILES string of the molecule is CCN(CC)C(=O)c1ccc(N(c2cccc(O)c2)C2CCN(CCc3nccn3C)CC2)cc1. The maximum atomic E-state index is 12.8. The van der Waals surface area contributed by atoms with Gasteiger partial charge in [-0.1, -0.05) is 6.07 Å². The van der Waals surface area contributed by atoms with Crippen LogP contribution in [0.4, 0.5) is 11.4 Å². The van der Waals surface area contributed by atoms with Crippen molar-refractivity contribution in [3.05, 3.63) is 72.3 Å². The van der Waals surface area contributed by atoms with E-state index in [-0.39, 0.29) is 11.7 Å². The number of aryl methyl sites for hydroxylation is 1. The number of phenols is 1. The number of hydrogen-bond donors (Lipinski definition) is 1. The Morgan fingerprint density at radius 2 is 1.77 bits per heavy atom. The zero-order chi connectivity index (χ0) is 24.8. The molecule has 186 valence electrons. The van der Waals surface area contributed by atoms with Crippen molar-refractivity contribution in [1.82, 2.24) is 19.4 Å². The first kappa shape index (κ1) is 24.8. The molecule has 0 saturated carbocycles. The van der Waals surface area contributed by atoms with Gasteiger partial charge in [0.1, 0.15) is 11.6 Å². The van der Waals surface area contributed by atoms with E-state index in [1.807, 2.05) is 80.7 Å². The predicted octanol–water partition coefficient (Wildman–Crippen LogP) is 4.45. The van der Waals surface area contributed by atoms with Crippen molar-refractivity contribution in [2.45, 2.75) is 39.2 Å². The summed E-state index contributed by atoms with van der Waals surface area (Å²) in [4.78, 5) is 23.9. The molecule has 1 fully saturated rings. The van der Waals surface area contributed by atoms with Crippen molar-refractivity contribution in [2.24, 2.45) is 7.05 Å². The van der Waals surface area contributed by atoms with E-state index in [0.29, 0.717) is 24.7 Å². The number of aromatic hydroxyl groups is 1. The van der Waals surface area contributed by atoms with E-state index in [9.17, 15) is 9.90 Å². The highest BCUT2D eigenvalue weighted by atomic mass is 16.3. The lowest BCUT2D eigenvalue weighted by Gasteiger charge is -2.40. The molecule has 1 saturated heterocycles. The quantitative estimate of drug-likeness (QED) is 0.495. The molecule has 0 unspecified atom stereocenters. The van der Waals surface area contributed by atoms with E-state index < -0.39 is 0 Å². The number of likely N-dealkylation sites (tertiary alicyclic amines) is 1. The molecule has 7 nitrogen and oxygen atoms in total. The minimum Gasteiger partial charge on any atom is -0.508 e. The fraction of sp³-hybridized carbons (Fsp3) is 0.429. The summed E-state index contributed by atoms with van der Waals surface area (Å²) in [5.74, 6) is 1.44. The highest BCUT2D eigenvalue weighted by molar-refractivity contribution is 5.94. The summed E-state index contributed by atoms with van der Waals surface area (Å²) in [6.07, 6.45) is 6.85. The van der Waals surface area contributed by atoms with Crippen LogP contribution in [0.5, 0.6) is 5.75 Å². The van der Waals surface area contributed by atoms with E-state index >= 15 is 0 Å². The Hall–Kier alpha value is -3.32. The molecule has 35 heavy (non-hydrogen) atoms. The Morgan fingerprint density at radius 3 is 2.37 bits per heavy atom. The van der Waals surface area contributed by atoms with Gasteiger partial charge in [-0.25, -0.2) is 4.98 Å². The first-order valence-corrected chi connectivity index (χ1v) is 12.7. The van der Waals surface area contributed by atoms with Gasteiger partial charge >= 0.3 is 0 Å². The van der Waals surface area contributed by atoms with Crippen LogP contribution in [-0.2, 0) is 13.5 Å². The van der Waals surface area contributed by atoms with Gasteiger partial charge in [0.05, 0.1) is 0 Å². The number of phenolic OH excluding ortho intramolecular Hbond substituents is 1. The molecule has 2 heterocycles. The van der Waals surface area contributed by atoms with Crippen LogP contribution in [-0.4, -0.2) is 69.1 Å². The summed E-state index contributed by atoms with van der Waals surface area (Å²) < 4.78 is 2.09. The molecule has 4 rings (SSSR count). The summed E-state index contributed by atoms with van der Waals surface area (Å²) in [5.41, 5.74) is 2.72. The highest BCUT2D eigenvalue weighted by Crippen LogP contribution is 2.34. The van der Waals surface area contributed by atoms with Crippen LogP contribution in [0.25, 0.3) is 0 Å². The second-order valence-electron chi connectivity index (χ2n) is 9.19. The van der Waals surface area contributed by atoms with Crippen LogP contribution in [0.1, 0.15) is 42.9 Å². The van der Waals surface area contributed by atoms with Gasteiger partial charge in [-0.15, -0.1) is 0 Å². The van der Waals surface area contributed by atoms with Gasteiger partial charge in [-0.05, 0) is 63.1 Å². The Morgan fingerprint density at radius 1 is 1.06 bits per heavy atom. The molecule has 0 bridgehead atoms.